The summed E-state index contributed by atoms with van der Waals surface area (Å²) in [6.07, 6.45) is 2.89. The monoisotopic (exact) mass is 213 g/mol. The van der Waals surface area contributed by atoms with Crippen LogP contribution in [-0.4, -0.2) is 13.1 Å². The van der Waals surface area contributed by atoms with Crippen molar-refractivity contribution in [1.82, 2.24) is 5.32 Å². The van der Waals surface area contributed by atoms with Crippen LogP contribution in [0.25, 0.3) is 0 Å². The van der Waals surface area contributed by atoms with Crippen molar-refractivity contribution in [3.05, 3.63) is 35.4 Å². The van der Waals surface area contributed by atoms with E-state index in [9.17, 15) is 8.78 Å². The van der Waals surface area contributed by atoms with Gasteiger partial charge in [-0.15, -0.1) is 0 Å². The first-order valence-corrected chi connectivity index (χ1v) is 5.38. The van der Waals surface area contributed by atoms with Gasteiger partial charge in [0.1, 0.15) is 11.6 Å². The molecule has 1 nitrogen and oxygen atoms in total. The molecule has 0 aromatic heterocycles. The second kappa shape index (κ2) is 6.51. The first-order valence-electron chi connectivity index (χ1n) is 5.38. The van der Waals surface area contributed by atoms with E-state index in [4.69, 9.17) is 0 Å². The molecule has 0 amide bonds. The lowest BCUT2D eigenvalue weighted by molar-refractivity contribution is 0.564. The van der Waals surface area contributed by atoms with E-state index in [1.807, 2.05) is 0 Å². The SMILES string of the molecule is CCCCNCCc1ccc(F)cc1F. The van der Waals surface area contributed by atoms with E-state index < -0.39 is 11.6 Å². The van der Waals surface area contributed by atoms with E-state index in [1.54, 1.807) is 0 Å². The van der Waals surface area contributed by atoms with Gasteiger partial charge in [-0.25, -0.2) is 8.78 Å². The van der Waals surface area contributed by atoms with Crippen LogP contribution in [0.15, 0.2) is 18.2 Å². The van der Waals surface area contributed by atoms with Gasteiger partial charge in [-0.1, -0.05) is 19.4 Å². The summed E-state index contributed by atoms with van der Waals surface area (Å²) in [5, 5.41) is 3.22. The minimum Gasteiger partial charge on any atom is -0.316 e. The second-order valence-corrected chi connectivity index (χ2v) is 3.59. The molecule has 0 aliphatic heterocycles. The van der Waals surface area contributed by atoms with Crippen LogP contribution in [0.3, 0.4) is 0 Å². The van der Waals surface area contributed by atoms with Crippen molar-refractivity contribution in [3.63, 3.8) is 0 Å². The third-order valence-corrected chi connectivity index (χ3v) is 2.29. The molecular formula is C12H17F2N. The van der Waals surface area contributed by atoms with Gasteiger partial charge in [0, 0.05) is 6.07 Å². The Morgan fingerprint density at radius 1 is 1.20 bits per heavy atom. The molecule has 0 bridgehead atoms. The molecule has 1 aromatic carbocycles. The van der Waals surface area contributed by atoms with Gasteiger partial charge in [-0.05, 0) is 37.6 Å². The van der Waals surface area contributed by atoms with Crippen LogP contribution < -0.4 is 5.32 Å². The Morgan fingerprint density at radius 3 is 2.67 bits per heavy atom. The van der Waals surface area contributed by atoms with Gasteiger partial charge in [0.25, 0.3) is 0 Å². The Balaban J connectivity index is 2.31. The molecule has 0 aliphatic rings. The Hall–Kier alpha value is -0.960. The van der Waals surface area contributed by atoms with Crippen LogP contribution in [0.4, 0.5) is 8.78 Å². The molecule has 0 saturated heterocycles. The predicted octanol–water partition coefficient (Wildman–Crippen LogP) is 2.90. The largest absolute Gasteiger partial charge is 0.316 e. The van der Waals surface area contributed by atoms with Crippen LogP contribution in [0.5, 0.6) is 0 Å². The highest BCUT2D eigenvalue weighted by atomic mass is 19.1. The average molecular weight is 213 g/mol. The average Bonchev–Trinajstić information content (AvgIpc) is 2.20. The van der Waals surface area contributed by atoms with E-state index in [0.717, 1.165) is 32.0 Å². The summed E-state index contributed by atoms with van der Waals surface area (Å²) >= 11 is 0. The van der Waals surface area contributed by atoms with Crippen LogP contribution in [-0.2, 0) is 6.42 Å². The lowest BCUT2D eigenvalue weighted by Crippen LogP contribution is -2.18. The maximum absolute atomic E-state index is 13.2. The number of rotatable bonds is 6. The normalized spacial score (nSPS) is 10.6. The third-order valence-electron chi connectivity index (χ3n) is 2.29. The molecule has 1 N–H and O–H groups in total. The van der Waals surface area contributed by atoms with Crippen LogP contribution in [0.2, 0.25) is 0 Å². The molecule has 0 saturated carbocycles. The number of hydrogen-bond acceptors (Lipinski definition) is 1. The fourth-order valence-corrected chi connectivity index (χ4v) is 1.37. The summed E-state index contributed by atoms with van der Waals surface area (Å²) < 4.78 is 25.7. The van der Waals surface area contributed by atoms with Crippen molar-refractivity contribution < 1.29 is 8.78 Å². The lowest BCUT2D eigenvalue weighted by Gasteiger charge is -2.05. The summed E-state index contributed by atoms with van der Waals surface area (Å²) in [5.74, 6) is -0.970. The molecule has 3 heteroatoms. The van der Waals surface area contributed by atoms with E-state index in [1.165, 1.54) is 12.1 Å². The molecular weight excluding hydrogens is 196 g/mol. The van der Waals surface area contributed by atoms with Gasteiger partial charge in [-0.2, -0.15) is 0 Å². The molecule has 1 rings (SSSR count). The van der Waals surface area contributed by atoms with Crippen LogP contribution in [0.1, 0.15) is 25.3 Å². The number of halogens is 2. The smallest absolute Gasteiger partial charge is 0.129 e. The van der Waals surface area contributed by atoms with Crippen molar-refractivity contribution in [3.8, 4) is 0 Å². The molecule has 84 valence electrons. The van der Waals surface area contributed by atoms with Gasteiger partial charge in [-0.3, -0.25) is 0 Å². The molecule has 0 radical (unpaired) electrons. The lowest BCUT2D eigenvalue weighted by atomic mass is 10.1. The minimum atomic E-state index is -0.518. The zero-order valence-electron chi connectivity index (χ0n) is 9.02. The second-order valence-electron chi connectivity index (χ2n) is 3.59. The minimum absolute atomic E-state index is 0.452. The maximum atomic E-state index is 13.2. The van der Waals surface area contributed by atoms with Crippen molar-refractivity contribution in [2.24, 2.45) is 0 Å². The fourth-order valence-electron chi connectivity index (χ4n) is 1.37. The topological polar surface area (TPSA) is 12.0 Å². The molecule has 0 heterocycles. The highest BCUT2D eigenvalue weighted by Crippen LogP contribution is 2.09. The molecule has 0 aliphatic carbocycles. The predicted molar refractivity (Wildman–Crippen MR) is 57.8 cm³/mol. The van der Waals surface area contributed by atoms with Crippen molar-refractivity contribution >= 4 is 0 Å². The van der Waals surface area contributed by atoms with E-state index in [0.29, 0.717) is 12.0 Å². The molecule has 0 fully saturated rings. The Kier molecular flexibility index (Phi) is 5.26. The number of hydrogen-bond donors (Lipinski definition) is 1. The molecule has 0 unspecified atom stereocenters. The molecule has 1 aromatic rings. The van der Waals surface area contributed by atoms with E-state index >= 15 is 0 Å². The summed E-state index contributed by atoms with van der Waals surface area (Å²) in [6.45, 7) is 3.82. The van der Waals surface area contributed by atoms with Crippen molar-refractivity contribution in [2.45, 2.75) is 26.2 Å². The first kappa shape index (κ1) is 12.1. The highest BCUT2D eigenvalue weighted by molar-refractivity contribution is 5.18. The summed E-state index contributed by atoms with van der Waals surface area (Å²) in [5.41, 5.74) is 0.570. The fraction of sp³-hybridized carbons (Fsp3) is 0.500. The first-order chi connectivity index (χ1) is 7.24. The summed E-state index contributed by atoms with van der Waals surface area (Å²) in [4.78, 5) is 0. The molecule has 15 heavy (non-hydrogen) atoms. The van der Waals surface area contributed by atoms with Gasteiger partial charge in [0.2, 0.25) is 0 Å². The third kappa shape index (κ3) is 4.38. The molecule has 0 spiro atoms. The van der Waals surface area contributed by atoms with E-state index in [2.05, 4.69) is 12.2 Å². The Bertz CT molecular complexity index is 300. The summed E-state index contributed by atoms with van der Waals surface area (Å²) in [6, 6.07) is 3.73. The van der Waals surface area contributed by atoms with Crippen LogP contribution >= 0.6 is 0 Å². The van der Waals surface area contributed by atoms with Crippen molar-refractivity contribution in [1.29, 1.82) is 0 Å². The van der Waals surface area contributed by atoms with Crippen LogP contribution in [0, 0.1) is 11.6 Å². The number of nitrogens with one attached hydrogen (secondary N) is 1. The number of benzene rings is 1. The Labute approximate surface area is 89.5 Å². The summed E-state index contributed by atoms with van der Waals surface area (Å²) in [7, 11) is 0. The molecule has 0 atom stereocenters. The zero-order chi connectivity index (χ0) is 11.1. The van der Waals surface area contributed by atoms with Gasteiger partial charge < -0.3 is 5.32 Å². The van der Waals surface area contributed by atoms with Gasteiger partial charge >= 0.3 is 0 Å². The quantitative estimate of drug-likeness (QED) is 0.716. The standard InChI is InChI=1S/C12H17F2N/c1-2-3-7-15-8-6-10-4-5-11(13)9-12(10)14/h4-5,9,15H,2-3,6-8H2,1H3. The zero-order valence-corrected chi connectivity index (χ0v) is 9.02. The highest BCUT2D eigenvalue weighted by Gasteiger charge is 2.02. The number of unbranched alkanes of at least 4 members (excludes halogenated alkanes) is 1. The van der Waals surface area contributed by atoms with Crippen molar-refractivity contribution in [2.75, 3.05) is 13.1 Å². The maximum Gasteiger partial charge on any atom is 0.129 e. The Morgan fingerprint density at radius 2 is 2.00 bits per heavy atom. The van der Waals surface area contributed by atoms with Gasteiger partial charge in [0.15, 0.2) is 0 Å². The van der Waals surface area contributed by atoms with Gasteiger partial charge in [0.05, 0.1) is 0 Å². The van der Waals surface area contributed by atoms with E-state index in [-0.39, 0.29) is 0 Å².